The number of carbonyl (C=O) groups is 1. The van der Waals surface area contributed by atoms with Crippen molar-refractivity contribution in [2.45, 2.75) is 25.0 Å². The number of Topliss-reactive ketones (excluding diaryl/α,β-unsaturated/α-hetero) is 1. The molecule has 0 aromatic heterocycles. The van der Waals surface area contributed by atoms with E-state index >= 15 is 0 Å². The minimum atomic E-state index is -3.41. The first-order chi connectivity index (χ1) is 7.27. The van der Waals surface area contributed by atoms with Gasteiger partial charge >= 0.3 is 0 Å². The summed E-state index contributed by atoms with van der Waals surface area (Å²) in [5, 5.41) is 0. The molecule has 0 saturated carbocycles. The van der Waals surface area contributed by atoms with E-state index in [0.717, 1.165) is 11.8 Å². The Morgan fingerprint density at radius 2 is 1.75 bits per heavy atom. The van der Waals surface area contributed by atoms with Gasteiger partial charge in [0.05, 0.1) is 0 Å². The Bertz CT molecular complexity index is 476. The summed E-state index contributed by atoms with van der Waals surface area (Å²) in [4.78, 5) is 11.5. The van der Waals surface area contributed by atoms with Crippen LogP contribution in [0.5, 0.6) is 0 Å². The van der Waals surface area contributed by atoms with E-state index in [4.69, 9.17) is 0 Å². The van der Waals surface area contributed by atoms with Gasteiger partial charge in [0.2, 0.25) is 0 Å². The Morgan fingerprint density at radius 1 is 1.25 bits per heavy atom. The van der Waals surface area contributed by atoms with Gasteiger partial charge in [0.15, 0.2) is 15.6 Å². The van der Waals surface area contributed by atoms with E-state index in [9.17, 15) is 13.2 Å². The van der Waals surface area contributed by atoms with Gasteiger partial charge in [-0.2, -0.15) is 0 Å². The van der Waals surface area contributed by atoms with Crippen molar-refractivity contribution in [3.63, 3.8) is 0 Å². The van der Waals surface area contributed by atoms with Gasteiger partial charge in [0.25, 0.3) is 0 Å². The molecule has 0 fully saturated rings. The van der Waals surface area contributed by atoms with Gasteiger partial charge in [-0.3, -0.25) is 4.79 Å². The molecule has 1 unspecified atom stereocenters. The smallest absolute Gasteiger partial charge is 0.160 e. The topological polar surface area (TPSA) is 51.2 Å². The second kappa shape index (κ2) is 4.37. The summed E-state index contributed by atoms with van der Waals surface area (Å²) in [6, 6.07) is 9.17. The van der Waals surface area contributed by atoms with Crippen LogP contribution in [0.15, 0.2) is 30.3 Å². The Labute approximate surface area is 96.4 Å². The lowest BCUT2D eigenvalue weighted by Crippen LogP contribution is -2.43. The van der Waals surface area contributed by atoms with Crippen molar-refractivity contribution in [3.8, 4) is 0 Å². The molecule has 0 aliphatic rings. The van der Waals surface area contributed by atoms with Crippen LogP contribution >= 0.6 is 0 Å². The minimum absolute atomic E-state index is 0.224. The first-order valence-corrected chi connectivity index (χ1v) is 6.91. The van der Waals surface area contributed by atoms with E-state index in [1.54, 1.807) is 0 Å². The normalized spacial score (nSPS) is 15.4. The molecule has 4 heteroatoms. The summed E-state index contributed by atoms with van der Waals surface area (Å²) in [6.45, 7) is 2.81. The third-order valence-corrected chi connectivity index (χ3v) is 5.02. The second-order valence-electron chi connectivity index (χ2n) is 4.22. The van der Waals surface area contributed by atoms with E-state index in [-0.39, 0.29) is 12.2 Å². The number of carbonyl (C=O) groups excluding carboxylic acids is 1. The van der Waals surface area contributed by atoms with Gasteiger partial charge in [-0.15, -0.1) is 0 Å². The zero-order valence-corrected chi connectivity index (χ0v) is 10.5. The van der Waals surface area contributed by atoms with Crippen LogP contribution in [0.25, 0.3) is 0 Å². The van der Waals surface area contributed by atoms with E-state index in [2.05, 4.69) is 0 Å². The number of ketones is 1. The molecular weight excluding hydrogens is 224 g/mol. The van der Waals surface area contributed by atoms with Crippen molar-refractivity contribution < 1.29 is 13.2 Å². The number of hydrogen-bond donors (Lipinski definition) is 0. The van der Waals surface area contributed by atoms with Crippen LogP contribution in [-0.4, -0.2) is 25.2 Å². The lowest BCUT2D eigenvalue weighted by molar-refractivity contribution is -0.119. The van der Waals surface area contributed by atoms with Crippen LogP contribution < -0.4 is 0 Å². The Morgan fingerprint density at radius 3 is 2.12 bits per heavy atom. The minimum Gasteiger partial charge on any atom is -0.298 e. The highest BCUT2D eigenvalue weighted by atomic mass is 32.2. The number of benzene rings is 1. The molecule has 0 aliphatic heterocycles. The summed E-state index contributed by atoms with van der Waals surface area (Å²) < 4.78 is 22.0. The molecule has 1 rings (SSSR count). The average Bonchev–Trinajstić information content (AvgIpc) is 2.17. The van der Waals surface area contributed by atoms with E-state index in [0.29, 0.717) is 0 Å². The highest BCUT2D eigenvalue weighted by Gasteiger charge is 2.40. The molecule has 0 aliphatic carbocycles. The largest absolute Gasteiger partial charge is 0.298 e. The molecule has 0 radical (unpaired) electrons. The molecule has 16 heavy (non-hydrogen) atoms. The maximum Gasteiger partial charge on any atom is 0.160 e. The fraction of sp³-hybridized carbons (Fsp3) is 0.417. The summed E-state index contributed by atoms with van der Waals surface area (Å²) in [5.41, 5.74) is 0.852. The molecule has 88 valence electrons. The quantitative estimate of drug-likeness (QED) is 0.803. The van der Waals surface area contributed by atoms with Crippen LogP contribution in [0.4, 0.5) is 0 Å². The van der Waals surface area contributed by atoms with Crippen molar-refractivity contribution in [2.24, 2.45) is 0 Å². The van der Waals surface area contributed by atoms with E-state index < -0.39 is 14.6 Å². The standard InChI is InChI=1S/C12H16O3S/c1-10(13)12(2,16(3,14)15)9-11-7-5-4-6-8-11/h4-8H,9H2,1-3H3. The van der Waals surface area contributed by atoms with Crippen molar-refractivity contribution >= 4 is 15.6 Å². The lowest BCUT2D eigenvalue weighted by atomic mass is 9.97. The van der Waals surface area contributed by atoms with Gasteiger partial charge < -0.3 is 0 Å². The van der Waals surface area contributed by atoms with Gasteiger partial charge in [0.1, 0.15) is 4.75 Å². The molecule has 0 amide bonds. The van der Waals surface area contributed by atoms with Crippen molar-refractivity contribution in [3.05, 3.63) is 35.9 Å². The maximum absolute atomic E-state index is 11.7. The van der Waals surface area contributed by atoms with E-state index in [1.165, 1.54) is 13.8 Å². The molecule has 0 spiro atoms. The zero-order valence-electron chi connectivity index (χ0n) is 9.73. The number of sulfone groups is 1. The third-order valence-electron chi connectivity index (χ3n) is 2.95. The fourth-order valence-electron chi connectivity index (χ4n) is 1.50. The first kappa shape index (κ1) is 12.9. The van der Waals surface area contributed by atoms with Crippen molar-refractivity contribution in [1.29, 1.82) is 0 Å². The molecule has 1 aromatic carbocycles. The predicted molar refractivity (Wildman–Crippen MR) is 64.1 cm³/mol. The maximum atomic E-state index is 11.7. The lowest BCUT2D eigenvalue weighted by Gasteiger charge is -2.24. The zero-order chi connectivity index (χ0) is 12.4. The van der Waals surface area contributed by atoms with Gasteiger partial charge in [0, 0.05) is 6.26 Å². The summed E-state index contributed by atoms with van der Waals surface area (Å²) in [6.07, 6.45) is 1.33. The molecule has 0 bridgehead atoms. The van der Waals surface area contributed by atoms with Gasteiger partial charge in [-0.05, 0) is 25.8 Å². The highest BCUT2D eigenvalue weighted by Crippen LogP contribution is 2.23. The Balaban J connectivity index is 3.13. The van der Waals surface area contributed by atoms with Gasteiger partial charge in [-0.1, -0.05) is 30.3 Å². The SMILES string of the molecule is CC(=O)C(C)(Cc1ccccc1)S(C)(=O)=O. The van der Waals surface area contributed by atoms with Crippen LogP contribution in [0.1, 0.15) is 19.4 Å². The average molecular weight is 240 g/mol. The first-order valence-electron chi connectivity index (χ1n) is 5.02. The van der Waals surface area contributed by atoms with E-state index in [1.807, 2.05) is 30.3 Å². The predicted octanol–water partition coefficient (Wildman–Crippen LogP) is 1.62. The van der Waals surface area contributed by atoms with Crippen LogP contribution in [0.3, 0.4) is 0 Å². The van der Waals surface area contributed by atoms with Crippen LogP contribution in [0.2, 0.25) is 0 Å². The molecule has 0 N–H and O–H groups in total. The molecule has 1 aromatic rings. The Hall–Kier alpha value is -1.16. The fourth-order valence-corrected chi connectivity index (χ4v) is 2.45. The van der Waals surface area contributed by atoms with Gasteiger partial charge in [-0.25, -0.2) is 8.42 Å². The molecular formula is C12H16O3S. The second-order valence-corrected chi connectivity index (χ2v) is 6.67. The summed E-state index contributed by atoms with van der Waals surface area (Å²) in [5.74, 6) is -0.321. The Kier molecular flexibility index (Phi) is 3.53. The number of rotatable bonds is 4. The van der Waals surface area contributed by atoms with Crippen molar-refractivity contribution in [1.82, 2.24) is 0 Å². The third kappa shape index (κ3) is 2.50. The molecule has 3 nitrogen and oxygen atoms in total. The van der Waals surface area contributed by atoms with Crippen LogP contribution in [-0.2, 0) is 21.1 Å². The van der Waals surface area contributed by atoms with Crippen molar-refractivity contribution in [2.75, 3.05) is 6.26 Å². The molecule has 0 saturated heterocycles. The highest BCUT2D eigenvalue weighted by molar-refractivity contribution is 7.92. The number of hydrogen-bond acceptors (Lipinski definition) is 3. The summed E-state index contributed by atoms with van der Waals surface area (Å²) >= 11 is 0. The van der Waals surface area contributed by atoms with Crippen LogP contribution in [0, 0.1) is 0 Å². The molecule has 1 atom stereocenters. The molecule has 0 heterocycles. The monoisotopic (exact) mass is 240 g/mol. The summed E-state index contributed by atoms with van der Waals surface area (Å²) in [7, 11) is -3.41.